The van der Waals surface area contributed by atoms with Crippen LogP contribution in [-0.2, 0) is 10.2 Å². The van der Waals surface area contributed by atoms with Gasteiger partial charge in [-0.2, -0.15) is 17.0 Å². The number of hydrogen-bond donors (Lipinski definition) is 0. The molecule has 90 valence electrons. The fourth-order valence-electron chi connectivity index (χ4n) is 1.85. The van der Waals surface area contributed by atoms with Gasteiger partial charge in [0.25, 0.3) is 10.2 Å². The van der Waals surface area contributed by atoms with Gasteiger partial charge in [0, 0.05) is 32.1 Å². The van der Waals surface area contributed by atoms with E-state index >= 15 is 0 Å². The summed E-state index contributed by atoms with van der Waals surface area (Å²) in [4.78, 5) is 0. The first-order valence-electron chi connectivity index (χ1n) is 5.37. The Balaban J connectivity index is 2.71. The Labute approximate surface area is 97.4 Å². The van der Waals surface area contributed by atoms with Crippen molar-refractivity contribution < 1.29 is 8.42 Å². The molecule has 0 aromatic heterocycles. The molecule has 1 unspecified atom stereocenters. The standard InChI is InChI=1S/C9H19ClN2O2S/c1-3-11(4-2)15(13,14)12-6-5-9(7-10)8-12/h9H,3-8H2,1-2H3. The van der Waals surface area contributed by atoms with Crippen LogP contribution in [-0.4, -0.2) is 49.1 Å². The third-order valence-electron chi connectivity index (χ3n) is 2.82. The molecular weight excluding hydrogens is 236 g/mol. The van der Waals surface area contributed by atoms with E-state index in [0.29, 0.717) is 38.0 Å². The summed E-state index contributed by atoms with van der Waals surface area (Å²) in [5, 5.41) is 0. The highest BCUT2D eigenvalue weighted by atomic mass is 35.5. The van der Waals surface area contributed by atoms with Crippen molar-refractivity contribution >= 4 is 21.8 Å². The lowest BCUT2D eigenvalue weighted by Crippen LogP contribution is -2.42. The SMILES string of the molecule is CCN(CC)S(=O)(=O)N1CCC(CCl)C1. The van der Waals surface area contributed by atoms with Gasteiger partial charge in [-0.15, -0.1) is 11.6 Å². The highest BCUT2D eigenvalue weighted by Crippen LogP contribution is 2.22. The molecule has 4 nitrogen and oxygen atoms in total. The molecule has 0 bridgehead atoms. The van der Waals surface area contributed by atoms with E-state index in [2.05, 4.69) is 0 Å². The van der Waals surface area contributed by atoms with Crippen LogP contribution < -0.4 is 0 Å². The van der Waals surface area contributed by atoms with Crippen molar-refractivity contribution in [2.75, 3.05) is 32.1 Å². The summed E-state index contributed by atoms with van der Waals surface area (Å²) in [5.74, 6) is 0.863. The molecule has 1 aliphatic heterocycles. The van der Waals surface area contributed by atoms with E-state index in [4.69, 9.17) is 11.6 Å². The number of hydrogen-bond acceptors (Lipinski definition) is 2. The molecule has 0 saturated carbocycles. The zero-order valence-corrected chi connectivity index (χ0v) is 10.9. The molecule has 0 aromatic rings. The largest absolute Gasteiger partial charge is 0.281 e. The van der Waals surface area contributed by atoms with Crippen molar-refractivity contribution in [1.29, 1.82) is 0 Å². The van der Waals surface area contributed by atoms with Gasteiger partial charge >= 0.3 is 0 Å². The molecule has 1 fully saturated rings. The van der Waals surface area contributed by atoms with Gasteiger partial charge in [-0.05, 0) is 12.3 Å². The summed E-state index contributed by atoms with van der Waals surface area (Å²) in [6.07, 6.45) is 0.879. The highest BCUT2D eigenvalue weighted by Gasteiger charge is 2.33. The molecule has 1 saturated heterocycles. The van der Waals surface area contributed by atoms with Crippen molar-refractivity contribution in [3.63, 3.8) is 0 Å². The van der Waals surface area contributed by atoms with Crippen LogP contribution in [0, 0.1) is 5.92 Å². The second-order valence-electron chi connectivity index (χ2n) is 3.76. The van der Waals surface area contributed by atoms with Crippen LogP contribution in [0.4, 0.5) is 0 Å². The molecule has 0 amide bonds. The van der Waals surface area contributed by atoms with Crippen LogP contribution in [0.1, 0.15) is 20.3 Å². The highest BCUT2D eigenvalue weighted by molar-refractivity contribution is 7.86. The van der Waals surface area contributed by atoms with Crippen LogP contribution in [0.5, 0.6) is 0 Å². The minimum atomic E-state index is -3.24. The maximum absolute atomic E-state index is 12.1. The van der Waals surface area contributed by atoms with Crippen molar-refractivity contribution in [2.45, 2.75) is 20.3 Å². The Bertz CT molecular complexity index is 290. The normalized spacial score (nSPS) is 23.9. The van der Waals surface area contributed by atoms with Gasteiger partial charge < -0.3 is 0 Å². The van der Waals surface area contributed by atoms with Crippen LogP contribution in [0.25, 0.3) is 0 Å². The first-order chi connectivity index (χ1) is 7.06. The van der Waals surface area contributed by atoms with E-state index in [9.17, 15) is 8.42 Å². The van der Waals surface area contributed by atoms with Crippen molar-refractivity contribution in [3.8, 4) is 0 Å². The Morgan fingerprint density at radius 1 is 1.40 bits per heavy atom. The van der Waals surface area contributed by atoms with E-state index in [0.717, 1.165) is 6.42 Å². The maximum atomic E-state index is 12.1. The topological polar surface area (TPSA) is 40.6 Å². The molecule has 0 aromatic carbocycles. The number of alkyl halides is 1. The third kappa shape index (κ3) is 2.84. The average Bonchev–Trinajstić information content (AvgIpc) is 2.67. The van der Waals surface area contributed by atoms with Crippen LogP contribution in [0.3, 0.4) is 0 Å². The molecule has 0 radical (unpaired) electrons. The Morgan fingerprint density at radius 3 is 2.40 bits per heavy atom. The molecule has 1 heterocycles. The molecule has 15 heavy (non-hydrogen) atoms. The predicted molar refractivity (Wildman–Crippen MR) is 62.2 cm³/mol. The predicted octanol–water partition coefficient (Wildman–Crippen LogP) is 1.13. The summed E-state index contributed by atoms with van der Waals surface area (Å²) >= 11 is 5.74. The van der Waals surface area contributed by atoms with Crippen LogP contribution in [0.15, 0.2) is 0 Å². The molecule has 1 atom stereocenters. The Kier molecular flexibility index (Phi) is 4.83. The first kappa shape index (κ1) is 13.2. The summed E-state index contributed by atoms with van der Waals surface area (Å²) in [6.45, 7) is 5.95. The van der Waals surface area contributed by atoms with E-state index in [1.54, 1.807) is 4.31 Å². The fourth-order valence-corrected chi connectivity index (χ4v) is 3.81. The third-order valence-corrected chi connectivity index (χ3v) is 5.41. The Hall–Kier alpha value is 0.160. The fraction of sp³-hybridized carbons (Fsp3) is 1.00. The maximum Gasteiger partial charge on any atom is 0.281 e. The summed E-state index contributed by atoms with van der Waals surface area (Å²) in [7, 11) is -3.24. The monoisotopic (exact) mass is 254 g/mol. The van der Waals surface area contributed by atoms with E-state index in [-0.39, 0.29) is 0 Å². The number of halogens is 1. The van der Waals surface area contributed by atoms with Gasteiger partial charge in [0.2, 0.25) is 0 Å². The summed E-state index contributed by atoms with van der Waals surface area (Å²) in [6, 6.07) is 0. The molecular formula is C9H19ClN2O2S. The molecule has 6 heteroatoms. The number of nitrogens with zero attached hydrogens (tertiary/aromatic N) is 2. The van der Waals surface area contributed by atoms with E-state index < -0.39 is 10.2 Å². The van der Waals surface area contributed by atoms with E-state index in [1.165, 1.54) is 4.31 Å². The van der Waals surface area contributed by atoms with Crippen LogP contribution >= 0.6 is 11.6 Å². The van der Waals surface area contributed by atoms with Gasteiger partial charge in [-0.25, -0.2) is 0 Å². The lowest BCUT2D eigenvalue weighted by Gasteiger charge is -2.25. The molecule has 0 spiro atoms. The second-order valence-corrected chi connectivity index (χ2v) is 6.00. The lowest BCUT2D eigenvalue weighted by atomic mass is 10.2. The minimum Gasteiger partial charge on any atom is -0.195 e. The summed E-state index contributed by atoms with van der Waals surface area (Å²) in [5.41, 5.74) is 0. The van der Waals surface area contributed by atoms with Gasteiger partial charge in [0.1, 0.15) is 0 Å². The average molecular weight is 255 g/mol. The van der Waals surface area contributed by atoms with Gasteiger partial charge in [0.05, 0.1) is 0 Å². The first-order valence-corrected chi connectivity index (χ1v) is 7.30. The van der Waals surface area contributed by atoms with Crippen molar-refractivity contribution in [1.82, 2.24) is 8.61 Å². The zero-order chi connectivity index (χ0) is 11.5. The minimum absolute atomic E-state index is 0.317. The smallest absolute Gasteiger partial charge is 0.195 e. The van der Waals surface area contributed by atoms with Gasteiger partial charge in [0.15, 0.2) is 0 Å². The molecule has 0 N–H and O–H groups in total. The number of rotatable bonds is 5. The van der Waals surface area contributed by atoms with Crippen LogP contribution in [0.2, 0.25) is 0 Å². The Morgan fingerprint density at radius 2 is 2.00 bits per heavy atom. The molecule has 1 aliphatic rings. The quantitative estimate of drug-likeness (QED) is 0.691. The lowest BCUT2D eigenvalue weighted by molar-refractivity contribution is 0.375. The van der Waals surface area contributed by atoms with Gasteiger partial charge in [-0.1, -0.05) is 13.8 Å². The zero-order valence-electron chi connectivity index (χ0n) is 9.32. The molecule has 1 rings (SSSR count). The van der Waals surface area contributed by atoms with E-state index in [1.807, 2.05) is 13.8 Å². The summed E-state index contributed by atoms with van der Waals surface area (Å²) < 4.78 is 27.2. The van der Waals surface area contributed by atoms with Crippen molar-refractivity contribution in [2.24, 2.45) is 5.92 Å². The second kappa shape index (κ2) is 5.48. The van der Waals surface area contributed by atoms with Crippen molar-refractivity contribution in [3.05, 3.63) is 0 Å². The molecule has 0 aliphatic carbocycles. The van der Waals surface area contributed by atoms with Gasteiger partial charge in [-0.3, -0.25) is 0 Å².